The van der Waals surface area contributed by atoms with Gasteiger partial charge in [-0.05, 0) is 100 Å². The molecule has 0 aromatic heterocycles. The van der Waals surface area contributed by atoms with Crippen molar-refractivity contribution in [3.63, 3.8) is 0 Å². The molecule has 1 aromatic carbocycles. The average molecular weight is 733 g/mol. The van der Waals surface area contributed by atoms with Crippen molar-refractivity contribution >= 4 is 17.8 Å². The second kappa shape index (κ2) is 12.5. The van der Waals surface area contributed by atoms with Crippen molar-refractivity contribution in [2.75, 3.05) is 0 Å². The van der Waals surface area contributed by atoms with Crippen LogP contribution >= 0.6 is 11.6 Å². The maximum Gasteiger partial charge on any atom is 0.514 e. The molecule has 17 atom stereocenters. The number of fused-ring (bicyclic) bond motifs is 4. The van der Waals surface area contributed by atoms with E-state index >= 15 is 0 Å². The van der Waals surface area contributed by atoms with Gasteiger partial charge >= 0.3 is 6.16 Å². The first kappa shape index (κ1) is 35.2. The highest BCUT2D eigenvalue weighted by molar-refractivity contribution is 6.32. The Morgan fingerprint density at radius 3 is 1.94 bits per heavy atom. The number of para-hydroxylation sites is 1. The molecular weight excluding hydrogens is 680 g/mol. The molecule has 2 unspecified atom stereocenters. The van der Waals surface area contributed by atoms with E-state index in [1.54, 1.807) is 24.3 Å². The molecule has 11 rings (SSSR count). The largest absolute Gasteiger partial charge is 0.514 e. The first-order chi connectivity index (χ1) is 24.4. The average Bonchev–Trinajstić information content (AvgIpc) is 3.47. The number of carbonyl (C=O) groups is 1. The smallest absolute Gasteiger partial charge is 0.428 e. The van der Waals surface area contributed by atoms with Crippen LogP contribution in [0.3, 0.4) is 0 Å². The summed E-state index contributed by atoms with van der Waals surface area (Å²) in [4.78, 5) is 38.7. The van der Waals surface area contributed by atoms with Crippen LogP contribution in [0.15, 0.2) is 24.3 Å². The molecule has 2 saturated carbocycles. The molecule has 8 saturated heterocycles. The van der Waals surface area contributed by atoms with E-state index in [4.69, 9.17) is 59.6 Å². The molecule has 8 heterocycles. The number of hydrogen-bond acceptors (Lipinski definition) is 11. The maximum absolute atomic E-state index is 13.7. The fourth-order valence-corrected chi connectivity index (χ4v) is 12.0. The normalized spacial score (nSPS) is 51.7. The molecule has 0 N–H and O–H groups in total. The Balaban J connectivity index is 1.05. The molecule has 1 aromatic rings. The van der Waals surface area contributed by atoms with Crippen LogP contribution in [0.4, 0.5) is 4.79 Å². The topological polar surface area (TPSA) is 109 Å². The number of ether oxygens (including phenoxy) is 6. The molecule has 4 bridgehead atoms. The van der Waals surface area contributed by atoms with Crippen molar-refractivity contribution in [3.05, 3.63) is 29.3 Å². The zero-order chi connectivity index (χ0) is 35.5. The van der Waals surface area contributed by atoms with Crippen molar-refractivity contribution < 1.29 is 52.8 Å². The second-order valence-corrected chi connectivity index (χ2v) is 17.9. The van der Waals surface area contributed by atoms with Gasteiger partial charge in [-0.2, -0.15) is 0 Å². The van der Waals surface area contributed by atoms with Crippen molar-refractivity contribution in [2.45, 2.75) is 153 Å². The van der Waals surface area contributed by atoms with E-state index < -0.39 is 53.7 Å². The third kappa shape index (κ3) is 5.38. The van der Waals surface area contributed by atoms with Crippen LogP contribution in [0.5, 0.6) is 5.75 Å². The van der Waals surface area contributed by atoms with Gasteiger partial charge in [-0.15, -0.1) is 0 Å². The van der Waals surface area contributed by atoms with Gasteiger partial charge in [-0.3, -0.25) is 0 Å². The van der Waals surface area contributed by atoms with Crippen molar-refractivity contribution in [1.82, 2.24) is 0 Å². The van der Waals surface area contributed by atoms with Crippen molar-refractivity contribution in [3.8, 4) is 5.75 Å². The summed E-state index contributed by atoms with van der Waals surface area (Å²) in [5.41, 5.74) is -1.45. The van der Waals surface area contributed by atoms with E-state index in [-0.39, 0.29) is 47.4 Å². The zero-order valence-electron chi connectivity index (χ0n) is 30.5. The maximum atomic E-state index is 13.7. The van der Waals surface area contributed by atoms with Gasteiger partial charge in [-0.1, -0.05) is 51.4 Å². The minimum absolute atomic E-state index is 0.0440. The second-order valence-electron chi connectivity index (χ2n) is 17.5. The number of benzene rings is 1. The highest BCUT2D eigenvalue weighted by Gasteiger charge is 2.72. The zero-order valence-corrected chi connectivity index (χ0v) is 31.3. The predicted molar refractivity (Wildman–Crippen MR) is 181 cm³/mol. The molecule has 10 fully saturated rings. The van der Waals surface area contributed by atoms with Gasteiger partial charge in [0.1, 0.15) is 12.2 Å². The summed E-state index contributed by atoms with van der Waals surface area (Å²) in [6, 6.07) is 6.86. The van der Waals surface area contributed by atoms with Gasteiger partial charge in [0.25, 0.3) is 0 Å². The van der Waals surface area contributed by atoms with Crippen LogP contribution in [0, 0.1) is 47.3 Å². The lowest BCUT2D eigenvalue weighted by Gasteiger charge is -2.62. The Kier molecular flexibility index (Phi) is 8.62. The van der Waals surface area contributed by atoms with Gasteiger partial charge in [-0.25, -0.2) is 24.3 Å². The number of halogens is 1. The van der Waals surface area contributed by atoms with Crippen LogP contribution in [0.25, 0.3) is 0 Å². The summed E-state index contributed by atoms with van der Waals surface area (Å²) in [6.45, 7) is 12.9. The molecule has 11 nitrogen and oxygen atoms in total. The Bertz CT molecular complexity index is 1510. The van der Waals surface area contributed by atoms with Gasteiger partial charge < -0.3 is 28.4 Å². The van der Waals surface area contributed by atoms with Gasteiger partial charge in [0.05, 0.1) is 11.1 Å². The van der Waals surface area contributed by atoms with E-state index in [0.29, 0.717) is 29.7 Å². The van der Waals surface area contributed by atoms with E-state index in [1.165, 1.54) is 0 Å². The molecular formula is C39H53ClO11. The summed E-state index contributed by atoms with van der Waals surface area (Å²) < 4.78 is 39.5. The van der Waals surface area contributed by atoms with Gasteiger partial charge in [0.15, 0.2) is 29.5 Å². The van der Waals surface area contributed by atoms with Gasteiger partial charge in [0.2, 0.25) is 11.6 Å². The summed E-state index contributed by atoms with van der Waals surface area (Å²) in [5.74, 6) is -0.110. The molecule has 10 aliphatic rings. The minimum atomic E-state index is -0.930. The summed E-state index contributed by atoms with van der Waals surface area (Å²) in [5, 5.41) is 0.317. The van der Waals surface area contributed by atoms with Crippen LogP contribution in [0.1, 0.15) is 99.3 Å². The molecule has 8 aliphatic heterocycles. The Labute approximate surface area is 305 Å². The highest BCUT2D eigenvalue weighted by atomic mass is 35.5. The SMILES string of the molecule is C[C@H]1[C@@H]([C@H](C[C@H]2O[C@@H]3OC4(C)CC[C@H]5[C@H](C)CC[C@@H]([C@H]2C)[C@@]35OO4)OC(=O)Oc2ccccc2Cl)O[C@@H]2OC3(C)CC[C@H]4[C@H](C)CC[C@@H]1[C@@]24OO3. The van der Waals surface area contributed by atoms with Crippen LogP contribution < -0.4 is 4.74 Å². The fourth-order valence-electron chi connectivity index (χ4n) is 11.8. The Morgan fingerprint density at radius 1 is 0.765 bits per heavy atom. The van der Waals surface area contributed by atoms with E-state index in [0.717, 1.165) is 44.9 Å². The molecule has 0 radical (unpaired) electrons. The standard InChI is InChI=1S/C39H53ClO11/c1-20-11-13-26-22(3)30(42-33-38(26)24(20)15-17-36(5,46-33)48-50-38)19-31(44-35(41)43-29-10-8-7-9-28(29)40)32-23(4)27-14-12-21(2)25-16-18-37(6)47-34(45-32)39(25,27)51-49-37/h7-10,20-27,30-34H,11-19H2,1-6H3/t20-,21-,22-,23-,24+,25+,26+,27+,30-,31+,32+,33-,34-,36?,37?,38-,39-/m1/s1. The molecule has 0 amide bonds. The highest BCUT2D eigenvalue weighted by Crippen LogP contribution is 2.63. The molecule has 51 heavy (non-hydrogen) atoms. The third-order valence-corrected chi connectivity index (χ3v) is 14.9. The van der Waals surface area contributed by atoms with Crippen LogP contribution in [0.2, 0.25) is 5.02 Å². The Hall–Kier alpha value is -1.54. The molecule has 12 heteroatoms. The third-order valence-electron chi connectivity index (χ3n) is 14.6. The van der Waals surface area contributed by atoms with E-state index in [1.807, 2.05) is 13.8 Å². The molecule has 2 spiro atoms. The fraction of sp³-hybridized carbons (Fsp3) is 0.821. The van der Waals surface area contributed by atoms with Crippen LogP contribution in [-0.2, 0) is 43.2 Å². The summed E-state index contributed by atoms with van der Waals surface area (Å²) >= 11 is 6.39. The predicted octanol–water partition coefficient (Wildman–Crippen LogP) is 8.12. The first-order valence-corrected chi connectivity index (χ1v) is 19.8. The summed E-state index contributed by atoms with van der Waals surface area (Å²) in [6.07, 6.45) is 3.93. The van der Waals surface area contributed by atoms with Crippen molar-refractivity contribution in [1.29, 1.82) is 0 Å². The summed E-state index contributed by atoms with van der Waals surface area (Å²) in [7, 11) is 0. The van der Waals surface area contributed by atoms with Crippen molar-refractivity contribution in [2.24, 2.45) is 47.3 Å². The monoisotopic (exact) mass is 732 g/mol. The van der Waals surface area contributed by atoms with Gasteiger partial charge in [0, 0.05) is 31.1 Å². The van der Waals surface area contributed by atoms with Crippen LogP contribution in [-0.4, -0.2) is 59.8 Å². The quantitative estimate of drug-likeness (QED) is 0.166. The number of carbonyl (C=O) groups excluding carboxylic acids is 1. The lowest BCUT2D eigenvalue weighted by molar-refractivity contribution is -0.573. The first-order valence-electron chi connectivity index (χ1n) is 19.4. The molecule has 282 valence electrons. The van der Waals surface area contributed by atoms with E-state index in [9.17, 15) is 4.79 Å². The molecule has 2 aliphatic carbocycles. The minimum Gasteiger partial charge on any atom is -0.428 e. The lowest BCUT2D eigenvalue weighted by Crippen LogP contribution is -2.72. The lowest BCUT2D eigenvalue weighted by atomic mass is 9.56. The number of hydrogen-bond donors (Lipinski definition) is 0. The number of rotatable bonds is 5. The Morgan fingerprint density at radius 2 is 1.33 bits per heavy atom. The van der Waals surface area contributed by atoms with E-state index in [2.05, 4.69) is 27.7 Å².